The second-order valence-electron chi connectivity index (χ2n) is 8.34. The lowest BCUT2D eigenvalue weighted by Crippen LogP contribution is -2.44. The Balaban J connectivity index is 2.24. The van der Waals surface area contributed by atoms with Crippen LogP contribution in [-0.4, -0.2) is 17.1 Å². The molecule has 0 spiro atoms. The van der Waals surface area contributed by atoms with Crippen LogP contribution in [0.3, 0.4) is 0 Å². The Morgan fingerprint density at radius 2 is 1.46 bits per heavy atom. The van der Waals surface area contributed by atoms with Crippen molar-refractivity contribution in [1.29, 1.82) is 0 Å². The number of benzene rings is 2. The lowest BCUT2D eigenvalue weighted by Gasteiger charge is -2.25. The Bertz CT molecular complexity index is 771. The SMILES string of the molecule is CC(C)c1cccc(C(C)C)c1NC(=O)[C@@H](NCc1ccccc1O)C(C)C. The lowest BCUT2D eigenvalue weighted by molar-refractivity contribution is -0.119. The Morgan fingerprint density at radius 1 is 0.893 bits per heavy atom. The summed E-state index contributed by atoms with van der Waals surface area (Å²) in [4.78, 5) is 13.2. The minimum absolute atomic E-state index is 0.0413. The van der Waals surface area contributed by atoms with Crippen molar-refractivity contribution < 1.29 is 9.90 Å². The molecule has 0 heterocycles. The number of nitrogens with one attached hydrogen (secondary N) is 2. The van der Waals surface area contributed by atoms with Gasteiger partial charge >= 0.3 is 0 Å². The van der Waals surface area contributed by atoms with Crippen LogP contribution >= 0.6 is 0 Å². The highest BCUT2D eigenvalue weighted by Crippen LogP contribution is 2.32. The zero-order valence-corrected chi connectivity index (χ0v) is 17.9. The van der Waals surface area contributed by atoms with Crippen molar-refractivity contribution in [2.24, 2.45) is 5.92 Å². The quantitative estimate of drug-likeness (QED) is 0.573. The number of phenolic OH excluding ortho intramolecular Hbond substituents is 1. The monoisotopic (exact) mass is 382 g/mol. The van der Waals surface area contributed by atoms with Gasteiger partial charge in [-0.05, 0) is 34.9 Å². The number of phenols is 1. The van der Waals surface area contributed by atoms with Gasteiger partial charge in [-0.15, -0.1) is 0 Å². The van der Waals surface area contributed by atoms with Gasteiger partial charge in [-0.25, -0.2) is 0 Å². The van der Waals surface area contributed by atoms with Crippen molar-refractivity contribution in [3.63, 3.8) is 0 Å². The van der Waals surface area contributed by atoms with Gasteiger partial charge in [-0.3, -0.25) is 4.79 Å². The van der Waals surface area contributed by atoms with Gasteiger partial charge in [0, 0.05) is 17.8 Å². The van der Waals surface area contributed by atoms with Crippen LogP contribution in [0.5, 0.6) is 5.75 Å². The molecule has 1 atom stereocenters. The van der Waals surface area contributed by atoms with Gasteiger partial charge in [0.1, 0.15) is 5.75 Å². The number of anilines is 1. The topological polar surface area (TPSA) is 61.4 Å². The third-order valence-electron chi connectivity index (χ3n) is 5.07. The average molecular weight is 383 g/mol. The summed E-state index contributed by atoms with van der Waals surface area (Å²) in [6.07, 6.45) is 0. The smallest absolute Gasteiger partial charge is 0.241 e. The summed E-state index contributed by atoms with van der Waals surface area (Å²) in [5, 5.41) is 16.5. The molecule has 0 saturated carbocycles. The maximum Gasteiger partial charge on any atom is 0.241 e. The van der Waals surface area contributed by atoms with Crippen LogP contribution in [0, 0.1) is 5.92 Å². The van der Waals surface area contributed by atoms with Crippen molar-refractivity contribution in [3.05, 3.63) is 59.2 Å². The summed E-state index contributed by atoms with van der Waals surface area (Å²) in [6, 6.07) is 13.1. The molecule has 4 heteroatoms. The molecule has 0 aromatic heterocycles. The fourth-order valence-electron chi connectivity index (χ4n) is 3.41. The summed E-state index contributed by atoms with van der Waals surface area (Å²) in [6.45, 7) is 13.1. The van der Waals surface area contributed by atoms with Gasteiger partial charge in [-0.1, -0.05) is 77.9 Å². The minimum Gasteiger partial charge on any atom is -0.508 e. The fraction of sp³-hybridized carbons (Fsp3) is 0.458. The van der Waals surface area contributed by atoms with E-state index in [-0.39, 0.29) is 23.6 Å². The molecule has 0 unspecified atom stereocenters. The van der Waals surface area contributed by atoms with Gasteiger partial charge in [0.15, 0.2) is 0 Å². The van der Waals surface area contributed by atoms with Crippen molar-refractivity contribution in [1.82, 2.24) is 5.32 Å². The van der Waals surface area contributed by atoms with E-state index >= 15 is 0 Å². The molecule has 1 amide bonds. The lowest BCUT2D eigenvalue weighted by atomic mass is 9.92. The van der Waals surface area contributed by atoms with Gasteiger partial charge in [0.2, 0.25) is 5.91 Å². The van der Waals surface area contributed by atoms with E-state index in [9.17, 15) is 9.90 Å². The Labute approximate surface area is 169 Å². The Kier molecular flexibility index (Phi) is 7.64. The van der Waals surface area contributed by atoms with Gasteiger partial charge in [-0.2, -0.15) is 0 Å². The number of carbonyl (C=O) groups excluding carboxylic acids is 1. The maximum absolute atomic E-state index is 13.2. The number of aromatic hydroxyl groups is 1. The molecule has 152 valence electrons. The maximum atomic E-state index is 13.2. The number of hydrogen-bond donors (Lipinski definition) is 3. The zero-order valence-electron chi connectivity index (χ0n) is 17.9. The van der Waals surface area contributed by atoms with Crippen molar-refractivity contribution in [2.75, 3.05) is 5.32 Å². The van der Waals surface area contributed by atoms with Gasteiger partial charge in [0.25, 0.3) is 0 Å². The highest BCUT2D eigenvalue weighted by Gasteiger charge is 2.24. The molecule has 4 nitrogen and oxygen atoms in total. The van der Waals surface area contributed by atoms with Crippen LogP contribution < -0.4 is 10.6 Å². The molecule has 0 aliphatic rings. The number of carbonyl (C=O) groups is 1. The Hall–Kier alpha value is -2.33. The molecule has 0 aliphatic carbocycles. The zero-order chi connectivity index (χ0) is 20.8. The molecule has 3 N–H and O–H groups in total. The van der Waals surface area contributed by atoms with Crippen LogP contribution in [0.15, 0.2) is 42.5 Å². The number of amides is 1. The van der Waals surface area contributed by atoms with Crippen LogP contribution in [0.2, 0.25) is 0 Å². The standard InChI is InChI=1S/C24H34N2O2/c1-15(2)19-11-9-12-20(16(3)4)23(19)26-24(28)22(17(5)6)25-14-18-10-7-8-13-21(18)27/h7-13,15-17,22,25,27H,14H2,1-6H3,(H,26,28)/t22-/m0/s1. The fourth-order valence-corrected chi connectivity index (χ4v) is 3.41. The van der Waals surface area contributed by atoms with Crippen molar-refractivity contribution in [2.45, 2.75) is 66.0 Å². The number of hydrogen-bond acceptors (Lipinski definition) is 3. The second kappa shape index (κ2) is 9.74. The van der Waals surface area contributed by atoms with E-state index in [0.29, 0.717) is 18.4 Å². The molecular weight excluding hydrogens is 348 g/mol. The van der Waals surface area contributed by atoms with Crippen LogP contribution in [-0.2, 0) is 11.3 Å². The normalized spacial score (nSPS) is 12.6. The van der Waals surface area contributed by atoms with E-state index in [1.54, 1.807) is 12.1 Å². The average Bonchev–Trinajstić information content (AvgIpc) is 2.62. The Morgan fingerprint density at radius 3 is 1.96 bits per heavy atom. The third-order valence-corrected chi connectivity index (χ3v) is 5.07. The second-order valence-corrected chi connectivity index (χ2v) is 8.34. The molecule has 0 fully saturated rings. The van der Waals surface area contributed by atoms with E-state index in [0.717, 1.165) is 22.4 Å². The van der Waals surface area contributed by atoms with Crippen LogP contribution in [0.25, 0.3) is 0 Å². The molecule has 2 rings (SSSR count). The number of rotatable bonds is 8. The van der Waals surface area contributed by atoms with Crippen molar-refractivity contribution >= 4 is 11.6 Å². The van der Waals surface area contributed by atoms with E-state index in [4.69, 9.17) is 0 Å². The first kappa shape index (κ1) is 22.0. The molecule has 0 bridgehead atoms. The predicted molar refractivity (Wildman–Crippen MR) is 117 cm³/mol. The molecule has 0 radical (unpaired) electrons. The van der Waals surface area contributed by atoms with E-state index in [1.807, 2.05) is 26.0 Å². The largest absolute Gasteiger partial charge is 0.508 e. The number of para-hydroxylation sites is 2. The highest BCUT2D eigenvalue weighted by atomic mass is 16.3. The van der Waals surface area contributed by atoms with Crippen LogP contribution in [0.1, 0.15) is 70.1 Å². The molecule has 2 aromatic carbocycles. The first-order valence-electron chi connectivity index (χ1n) is 10.2. The first-order chi connectivity index (χ1) is 13.2. The van der Waals surface area contributed by atoms with Gasteiger partial charge < -0.3 is 15.7 Å². The predicted octanol–water partition coefficient (Wildman–Crippen LogP) is 5.39. The van der Waals surface area contributed by atoms with E-state index in [2.05, 4.69) is 56.5 Å². The van der Waals surface area contributed by atoms with Crippen molar-refractivity contribution in [3.8, 4) is 5.75 Å². The summed E-state index contributed by atoms with van der Waals surface area (Å²) < 4.78 is 0. The molecule has 28 heavy (non-hydrogen) atoms. The first-order valence-corrected chi connectivity index (χ1v) is 10.2. The minimum atomic E-state index is -0.361. The molecule has 2 aromatic rings. The molecule has 0 aliphatic heterocycles. The summed E-state index contributed by atoms with van der Waals surface area (Å²) in [5.41, 5.74) is 4.03. The summed E-state index contributed by atoms with van der Waals surface area (Å²) in [7, 11) is 0. The van der Waals surface area contributed by atoms with E-state index in [1.165, 1.54) is 0 Å². The highest BCUT2D eigenvalue weighted by molar-refractivity contribution is 5.96. The third kappa shape index (κ3) is 5.35. The van der Waals surface area contributed by atoms with Crippen LogP contribution in [0.4, 0.5) is 5.69 Å². The molecule has 0 saturated heterocycles. The van der Waals surface area contributed by atoms with E-state index < -0.39 is 0 Å². The summed E-state index contributed by atoms with van der Waals surface area (Å²) >= 11 is 0. The van der Waals surface area contributed by atoms with Gasteiger partial charge in [0.05, 0.1) is 6.04 Å². The molecular formula is C24H34N2O2. The summed E-state index contributed by atoms with van der Waals surface area (Å²) in [5.74, 6) is 0.951.